The van der Waals surface area contributed by atoms with Crippen molar-refractivity contribution in [2.24, 2.45) is 16.7 Å². The maximum Gasteiger partial charge on any atom is 0.00404 e. The average molecular weight is 181 g/mol. The van der Waals surface area contributed by atoms with E-state index >= 15 is 0 Å². The van der Waals surface area contributed by atoms with Gasteiger partial charge in [-0.05, 0) is 36.6 Å². The van der Waals surface area contributed by atoms with Gasteiger partial charge in [-0.1, -0.05) is 27.2 Å². The van der Waals surface area contributed by atoms with E-state index in [1.54, 1.807) is 0 Å². The summed E-state index contributed by atoms with van der Waals surface area (Å²) in [6.07, 6.45) is 4.32. The lowest BCUT2D eigenvalue weighted by atomic mass is 9.47. The van der Waals surface area contributed by atoms with Crippen molar-refractivity contribution >= 4 is 0 Å². The number of fused-ring (bicyclic) bond motifs is 2. The molecule has 0 N–H and O–H groups in total. The van der Waals surface area contributed by atoms with Crippen LogP contribution in [0.25, 0.3) is 0 Å². The lowest BCUT2D eigenvalue weighted by molar-refractivity contribution is -0.130. The number of hydrogen-bond donors (Lipinski definition) is 0. The van der Waals surface area contributed by atoms with Crippen molar-refractivity contribution < 1.29 is 0 Å². The molecule has 2 aliphatic heterocycles. The first-order valence-electron chi connectivity index (χ1n) is 5.68. The van der Waals surface area contributed by atoms with Crippen molar-refractivity contribution in [2.75, 3.05) is 20.1 Å². The summed E-state index contributed by atoms with van der Waals surface area (Å²) in [6, 6.07) is 0. The highest BCUT2D eigenvalue weighted by atomic mass is 15.1. The molecule has 3 rings (SSSR count). The van der Waals surface area contributed by atoms with E-state index in [1.165, 1.54) is 32.4 Å². The van der Waals surface area contributed by atoms with Crippen LogP contribution in [0.5, 0.6) is 0 Å². The Labute approximate surface area is 82.5 Å². The van der Waals surface area contributed by atoms with Gasteiger partial charge in [-0.25, -0.2) is 0 Å². The van der Waals surface area contributed by atoms with E-state index in [4.69, 9.17) is 0 Å². The van der Waals surface area contributed by atoms with Crippen LogP contribution in [0.15, 0.2) is 0 Å². The van der Waals surface area contributed by atoms with Crippen LogP contribution in [0.1, 0.15) is 40.0 Å². The zero-order valence-electron chi connectivity index (χ0n) is 9.56. The van der Waals surface area contributed by atoms with Crippen molar-refractivity contribution in [3.8, 4) is 0 Å². The molecule has 3 fully saturated rings. The fraction of sp³-hybridized carbons (Fsp3) is 1.00. The van der Waals surface area contributed by atoms with Gasteiger partial charge < -0.3 is 4.90 Å². The number of hydrogen-bond acceptors (Lipinski definition) is 1. The summed E-state index contributed by atoms with van der Waals surface area (Å²) < 4.78 is 0. The van der Waals surface area contributed by atoms with E-state index in [0.717, 1.165) is 5.92 Å². The van der Waals surface area contributed by atoms with E-state index in [2.05, 4.69) is 32.7 Å². The molecule has 2 saturated heterocycles. The predicted molar refractivity (Wildman–Crippen MR) is 56.7 cm³/mol. The highest BCUT2D eigenvalue weighted by Crippen LogP contribution is 2.60. The maximum absolute atomic E-state index is 2.54. The Kier molecular flexibility index (Phi) is 1.99. The molecule has 1 saturated carbocycles. The highest BCUT2D eigenvalue weighted by molar-refractivity contribution is 5.07. The second kappa shape index (κ2) is 2.73. The van der Waals surface area contributed by atoms with E-state index in [1.807, 2.05) is 0 Å². The van der Waals surface area contributed by atoms with E-state index in [9.17, 15) is 0 Å². The fourth-order valence-electron chi connectivity index (χ4n) is 3.47. The lowest BCUT2D eigenvalue weighted by Gasteiger charge is -2.63. The molecular weight excluding hydrogens is 158 g/mol. The molecule has 2 heterocycles. The van der Waals surface area contributed by atoms with E-state index in [-0.39, 0.29) is 0 Å². The van der Waals surface area contributed by atoms with Gasteiger partial charge in [0, 0.05) is 13.1 Å². The molecule has 13 heavy (non-hydrogen) atoms. The number of nitrogens with zero attached hydrogens (tertiary/aromatic N) is 1. The van der Waals surface area contributed by atoms with Crippen LogP contribution in [-0.2, 0) is 0 Å². The van der Waals surface area contributed by atoms with Crippen LogP contribution in [0, 0.1) is 16.7 Å². The Morgan fingerprint density at radius 1 is 1.38 bits per heavy atom. The molecule has 0 aromatic carbocycles. The normalized spacial score (nSPS) is 40.2. The Bertz CT molecular complexity index is 201. The van der Waals surface area contributed by atoms with Crippen LogP contribution in [0.3, 0.4) is 0 Å². The molecule has 76 valence electrons. The third-order valence-corrected chi connectivity index (χ3v) is 4.82. The monoisotopic (exact) mass is 181 g/mol. The van der Waals surface area contributed by atoms with Gasteiger partial charge in [0.2, 0.25) is 0 Å². The largest absolute Gasteiger partial charge is 0.306 e. The summed E-state index contributed by atoms with van der Waals surface area (Å²) in [5.41, 5.74) is 1.22. The first-order valence-corrected chi connectivity index (χ1v) is 5.68. The Morgan fingerprint density at radius 2 is 2.00 bits per heavy atom. The predicted octanol–water partition coefficient (Wildman–Crippen LogP) is 2.76. The molecule has 1 heteroatoms. The molecule has 1 nitrogen and oxygen atoms in total. The summed E-state index contributed by atoms with van der Waals surface area (Å²) in [6.45, 7) is 9.95. The van der Waals surface area contributed by atoms with Gasteiger partial charge in [0.1, 0.15) is 0 Å². The second-order valence-corrected chi connectivity index (χ2v) is 5.99. The molecule has 0 spiro atoms. The summed E-state index contributed by atoms with van der Waals surface area (Å²) in [4.78, 5) is 2.54. The highest BCUT2D eigenvalue weighted by Gasteiger charge is 2.55. The lowest BCUT2D eigenvalue weighted by Crippen LogP contribution is -2.61. The van der Waals surface area contributed by atoms with Gasteiger partial charge in [-0.15, -0.1) is 0 Å². The molecule has 0 radical (unpaired) electrons. The molecular formula is C12H23N. The number of rotatable bonds is 2. The van der Waals surface area contributed by atoms with Crippen LogP contribution in [0.2, 0.25) is 0 Å². The van der Waals surface area contributed by atoms with Gasteiger partial charge in [0.05, 0.1) is 0 Å². The zero-order valence-corrected chi connectivity index (χ0v) is 9.56. The van der Waals surface area contributed by atoms with E-state index < -0.39 is 0 Å². The summed E-state index contributed by atoms with van der Waals surface area (Å²) in [5, 5.41) is 0. The van der Waals surface area contributed by atoms with Gasteiger partial charge in [-0.3, -0.25) is 0 Å². The maximum atomic E-state index is 2.54. The quantitative estimate of drug-likeness (QED) is 0.633. The van der Waals surface area contributed by atoms with Crippen LogP contribution in [0.4, 0.5) is 0 Å². The van der Waals surface area contributed by atoms with Crippen molar-refractivity contribution in [3.63, 3.8) is 0 Å². The van der Waals surface area contributed by atoms with Crippen molar-refractivity contribution in [1.29, 1.82) is 0 Å². The Hall–Kier alpha value is -0.0400. The summed E-state index contributed by atoms with van der Waals surface area (Å²) >= 11 is 0. The third-order valence-electron chi connectivity index (χ3n) is 4.82. The Balaban J connectivity index is 2.14. The molecule has 3 aliphatic rings. The summed E-state index contributed by atoms with van der Waals surface area (Å²) in [7, 11) is 2.28. The molecule has 0 aromatic rings. The Morgan fingerprint density at radius 3 is 2.46 bits per heavy atom. The molecule has 0 aromatic heterocycles. The summed E-state index contributed by atoms with van der Waals surface area (Å²) in [5.74, 6) is 1.02. The molecule has 2 bridgehead atoms. The van der Waals surface area contributed by atoms with Crippen LogP contribution < -0.4 is 0 Å². The average Bonchev–Trinajstić information content (AvgIpc) is 2.01. The molecule has 0 atom stereocenters. The fourth-order valence-corrected chi connectivity index (χ4v) is 3.47. The minimum atomic E-state index is 0.554. The van der Waals surface area contributed by atoms with Crippen LogP contribution >= 0.6 is 0 Å². The zero-order chi connectivity index (χ0) is 9.69. The SMILES string of the molecule is CCC(C)(C)C12CC(CN(C)C1)C2. The molecule has 0 amide bonds. The second-order valence-electron chi connectivity index (χ2n) is 5.99. The molecule has 0 unspecified atom stereocenters. The van der Waals surface area contributed by atoms with Crippen LogP contribution in [-0.4, -0.2) is 25.0 Å². The third kappa shape index (κ3) is 1.24. The van der Waals surface area contributed by atoms with Crippen molar-refractivity contribution in [2.45, 2.75) is 40.0 Å². The van der Waals surface area contributed by atoms with Gasteiger partial charge in [0.15, 0.2) is 0 Å². The topological polar surface area (TPSA) is 3.24 Å². The van der Waals surface area contributed by atoms with Crippen molar-refractivity contribution in [1.82, 2.24) is 4.90 Å². The van der Waals surface area contributed by atoms with E-state index in [0.29, 0.717) is 10.8 Å². The van der Waals surface area contributed by atoms with Gasteiger partial charge in [0.25, 0.3) is 0 Å². The standard InChI is InChI=1S/C12H23N/c1-5-11(2,3)12-6-10(7-12)8-13(4)9-12/h10H,5-9H2,1-4H3. The molecule has 1 aliphatic carbocycles. The first kappa shape index (κ1) is 9.51. The number of piperidine rings is 2. The first-order chi connectivity index (χ1) is 5.99. The van der Waals surface area contributed by atoms with Gasteiger partial charge in [-0.2, -0.15) is 0 Å². The smallest absolute Gasteiger partial charge is 0.00404 e. The minimum Gasteiger partial charge on any atom is -0.306 e. The van der Waals surface area contributed by atoms with Gasteiger partial charge >= 0.3 is 0 Å². The van der Waals surface area contributed by atoms with Crippen molar-refractivity contribution in [3.05, 3.63) is 0 Å². The minimum absolute atomic E-state index is 0.554.